The van der Waals surface area contributed by atoms with E-state index in [0.717, 1.165) is 6.54 Å². The van der Waals surface area contributed by atoms with E-state index in [1.165, 1.54) is 4.90 Å². The van der Waals surface area contributed by atoms with E-state index in [0.29, 0.717) is 11.8 Å². The van der Waals surface area contributed by atoms with Gasteiger partial charge in [-0.3, -0.25) is 4.68 Å². The zero-order valence-electron chi connectivity index (χ0n) is 9.60. The molecule has 0 aliphatic carbocycles. The number of rotatable bonds is 3. The van der Waals surface area contributed by atoms with Crippen LogP contribution in [0.2, 0.25) is 0 Å². The molecular formula is C10H17N3O2. The molecule has 0 saturated carbocycles. The van der Waals surface area contributed by atoms with Gasteiger partial charge in [-0.1, -0.05) is 13.8 Å². The second-order valence-electron chi connectivity index (χ2n) is 4.03. The number of hydrogen-bond acceptors (Lipinski definition) is 3. The molecule has 0 atom stereocenters. The fraction of sp³-hybridized carbons (Fsp3) is 0.600. The molecule has 0 fully saturated rings. The number of aromatic nitrogens is 2. The van der Waals surface area contributed by atoms with E-state index in [1.807, 2.05) is 0 Å². The molecule has 15 heavy (non-hydrogen) atoms. The van der Waals surface area contributed by atoms with E-state index in [2.05, 4.69) is 18.9 Å². The normalized spacial score (nSPS) is 10.5. The zero-order chi connectivity index (χ0) is 11.4. The lowest BCUT2D eigenvalue weighted by atomic mass is 10.2. The Bertz CT molecular complexity index is 331. The molecule has 0 aromatic carbocycles. The highest BCUT2D eigenvalue weighted by Gasteiger charge is 2.09. The Morgan fingerprint density at radius 2 is 2.27 bits per heavy atom. The molecule has 0 radical (unpaired) electrons. The highest BCUT2D eigenvalue weighted by atomic mass is 16.6. The van der Waals surface area contributed by atoms with E-state index in [4.69, 9.17) is 4.74 Å². The molecular weight excluding hydrogens is 194 g/mol. The van der Waals surface area contributed by atoms with Gasteiger partial charge in [0.15, 0.2) is 0 Å². The van der Waals surface area contributed by atoms with Gasteiger partial charge in [0, 0.05) is 32.9 Å². The lowest BCUT2D eigenvalue weighted by Crippen LogP contribution is -2.25. The minimum Gasteiger partial charge on any atom is -0.389 e. The van der Waals surface area contributed by atoms with Gasteiger partial charge in [-0.15, -0.1) is 5.10 Å². The van der Waals surface area contributed by atoms with Crippen molar-refractivity contribution in [1.82, 2.24) is 14.7 Å². The van der Waals surface area contributed by atoms with E-state index < -0.39 is 6.09 Å². The topological polar surface area (TPSA) is 47.4 Å². The van der Waals surface area contributed by atoms with Gasteiger partial charge >= 0.3 is 6.09 Å². The largest absolute Gasteiger partial charge is 0.416 e. The Morgan fingerprint density at radius 1 is 1.60 bits per heavy atom. The summed E-state index contributed by atoms with van der Waals surface area (Å²) in [5, 5.41) is 4.12. The van der Waals surface area contributed by atoms with E-state index in [-0.39, 0.29) is 0 Å². The summed E-state index contributed by atoms with van der Waals surface area (Å²) in [6.07, 6.45) is 1.39. The van der Waals surface area contributed by atoms with Crippen LogP contribution in [0.3, 0.4) is 0 Å². The summed E-state index contributed by atoms with van der Waals surface area (Å²) < 4.78 is 6.76. The van der Waals surface area contributed by atoms with Crippen LogP contribution in [0.1, 0.15) is 13.8 Å². The molecule has 0 aliphatic rings. The first-order chi connectivity index (χ1) is 6.99. The number of nitrogens with zero attached hydrogens (tertiary/aromatic N) is 3. The Hall–Kier alpha value is -1.52. The van der Waals surface area contributed by atoms with Crippen molar-refractivity contribution in [2.24, 2.45) is 5.92 Å². The smallest absolute Gasteiger partial charge is 0.389 e. The lowest BCUT2D eigenvalue weighted by Gasteiger charge is -2.08. The number of ether oxygens (including phenoxy) is 1. The van der Waals surface area contributed by atoms with Gasteiger partial charge in [-0.25, -0.2) is 4.79 Å². The quantitative estimate of drug-likeness (QED) is 0.763. The second-order valence-corrected chi connectivity index (χ2v) is 4.03. The maximum atomic E-state index is 11.2. The van der Waals surface area contributed by atoms with Crippen LogP contribution in [-0.2, 0) is 6.54 Å². The predicted octanol–water partition coefficient (Wildman–Crippen LogP) is 1.60. The van der Waals surface area contributed by atoms with Crippen LogP contribution in [0.25, 0.3) is 0 Å². The Balaban J connectivity index is 2.56. The number of carbonyl (C=O) groups excluding carboxylic acids is 1. The Kier molecular flexibility index (Phi) is 3.71. The summed E-state index contributed by atoms with van der Waals surface area (Å²) in [6.45, 7) is 5.03. The van der Waals surface area contributed by atoms with Gasteiger partial charge in [0.25, 0.3) is 0 Å². The molecule has 0 aliphatic heterocycles. The van der Waals surface area contributed by atoms with Crippen molar-refractivity contribution in [3.8, 4) is 5.88 Å². The maximum absolute atomic E-state index is 11.2. The summed E-state index contributed by atoms with van der Waals surface area (Å²) in [4.78, 5) is 12.6. The third-order valence-corrected chi connectivity index (χ3v) is 1.73. The van der Waals surface area contributed by atoms with Crippen molar-refractivity contribution in [2.45, 2.75) is 20.4 Å². The van der Waals surface area contributed by atoms with Crippen molar-refractivity contribution in [3.05, 3.63) is 12.3 Å². The maximum Gasteiger partial charge on any atom is 0.416 e. The van der Waals surface area contributed by atoms with Gasteiger partial charge in [0.05, 0.1) is 0 Å². The molecule has 84 valence electrons. The molecule has 0 spiro atoms. The standard InChI is InChI=1S/C10H17N3O2/c1-8(2)7-13-6-5-9(11-13)15-10(14)12(3)4/h5-6,8H,7H2,1-4H3. The molecule has 5 nitrogen and oxygen atoms in total. The van der Waals surface area contributed by atoms with Gasteiger partial charge in [0.1, 0.15) is 0 Å². The monoisotopic (exact) mass is 211 g/mol. The zero-order valence-corrected chi connectivity index (χ0v) is 9.60. The average Bonchev–Trinajstić information content (AvgIpc) is 2.51. The molecule has 1 heterocycles. The van der Waals surface area contributed by atoms with Gasteiger partial charge in [0.2, 0.25) is 5.88 Å². The third-order valence-electron chi connectivity index (χ3n) is 1.73. The third kappa shape index (κ3) is 3.61. The van der Waals surface area contributed by atoms with Crippen LogP contribution in [-0.4, -0.2) is 34.9 Å². The minimum atomic E-state index is -0.412. The Labute approximate surface area is 89.6 Å². The van der Waals surface area contributed by atoms with Crippen molar-refractivity contribution < 1.29 is 9.53 Å². The predicted molar refractivity (Wildman–Crippen MR) is 56.8 cm³/mol. The van der Waals surface area contributed by atoms with E-state index >= 15 is 0 Å². The summed E-state index contributed by atoms with van der Waals surface area (Å²) in [7, 11) is 3.26. The molecule has 0 bridgehead atoms. The molecule has 1 amide bonds. The van der Waals surface area contributed by atoms with Gasteiger partial charge < -0.3 is 9.64 Å². The van der Waals surface area contributed by atoms with Crippen LogP contribution < -0.4 is 4.74 Å². The van der Waals surface area contributed by atoms with Crippen LogP contribution in [0.15, 0.2) is 12.3 Å². The molecule has 0 N–H and O–H groups in total. The molecule has 0 unspecified atom stereocenters. The first-order valence-corrected chi connectivity index (χ1v) is 4.91. The van der Waals surface area contributed by atoms with Crippen molar-refractivity contribution in [1.29, 1.82) is 0 Å². The second kappa shape index (κ2) is 4.82. The van der Waals surface area contributed by atoms with E-state index in [1.54, 1.807) is 31.0 Å². The minimum absolute atomic E-state index is 0.342. The SMILES string of the molecule is CC(C)Cn1ccc(OC(=O)N(C)C)n1. The molecule has 1 aromatic rings. The van der Waals surface area contributed by atoms with Crippen molar-refractivity contribution in [3.63, 3.8) is 0 Å². The molecule has 5 heteroatoms. The average molecular weight is 211 g/mol. The molecule has 1 aromatic heterocycles. The fourth-order valence-electron chi connectivity index (χ4n) is 1.05. The summed E-state index contributed by atoms with van der Waals surface area (Å²) in [5.41, 5.74) is 0. The lowest BCUT2D eigenvalue weighted by molar-refractivity contribution is 0.169. The molecule has 1 rings (SSSR count). The first-order valence-electron chi connectivity index (χ1n) is 4.91. The first kappa shape index (κ1) is 11.6. The van der Waals surface area contributed by atoms with Crippen molar-refractivity contribution >= 4 is 6.09 Å². The van der Waals surface area contributed by atoms with Crippen molar-refractivity contribution in [2.75, 3.05) is 14.1 Å². The summed E-state index contributed by atoms with van der Waals surface area (Å²) >= 11 is 0. The number of amides is 1. The summed E-state index contributed by atoms with van der Waals surface area (Å²) in [6, 6.07) is 1.68. The van der Waals surface area contributed by atoms with Crippen LogP contribution in [0.5, 0.6) is 5.88 Å². The van der Waals surface area contributed by atoms with E-state index in [9.17, 15) is 4.79 Å². The molecule has 0 saturated heterocycles. The highest BCUT2D eigenvalue weighted by Crippen LogP contribution is 2.08. The van der Waals surface area contributed by atoms with Crippen LogP contribution >= 0.6 is 0 Å². The highest BCUT2D eigenvalue weighted by molar-refractivity contribution is 5.69. The van der Waals surface area contributed by atoms with Crippen LogP contribution in [0, 0.1) is 5.92 Å². The van der Waals surface area contributed by atoms with Crippen LogP contribution in [0.4, 0.5) is 4.79 Å². The fourth-order valence-corrected chi connectivity index (χ4v) is 1.05. The number of hydrogen-bond donors (Lipinski definition) is 0. The van der Waals surface area contributed by atoms with Gasteiger partial charge in [-0.05, 0) is 5.92 Å². The summed E-state index contributed by atoms with van der Waals surface area (Å²) in [5.74, 6) is 0.858. The van der Waals surface area contributed by atoms with Gasteiger partial charge in [-0.2, -0.15) is 0 Å². The Morgan fingerprint density at radius 3 is 2.80 bits per heavy atom. The number of carbonyl (C=O) groups is 1.